The molecular weight excluding hydrogens is 279 g/mol. The van der Waals surface area contributed by atoms with E-state index in [1.165, 1.54) is 13.8 Å². The van der Waals surface area contributed by atoms with Crippen LogP contribution in [-0.2, 0) is 4.74 Å². The first kappa shape index (κ1) is 19.6. The maximum atomic E-state index is 14.6. The van der Waals surface area contributed by atoms with E-state index in [1.54, 1.807) is 0 Å². The second-order valence-corrected chi connectivity index (χ2v) is 5.72. The van der Waals surface area contributed by atoms with Gasteiger partial charge in [-0.3, -0.25) is 0 Å². The van der Waals surface area contributed by atoms with Crippen LogP contribution in [0.25, 0.3) is 0 Å². The minimum absolute atomic E-state index is 0.0879. The van der Waals surface area contributed by atoms with Gasteiger partial charge in [-0.1, -0.05) is 27.7 Å². The van der Waals surface area contributed by atoms with E-state index in [9.17, 15) is 22.0 Å². The summed E-state index contributed by atoms with van der Waals surface area (Å²) in [7, 11) is 0. The maximum absolute atomic E-state index is 14.6. The summed E-state index contributed by atoms with van der Waals surface area (Å²) in [6.07, 6.45) is -5.09. The molecule has 122 valence electrons. The van der Waals surface area contributed by atoms with Crippen LogP contribution in [0, 0.1) is 10.8 Å². The topological polar surface area (TPSA) is 9.23 Å². The summed E-state index contributed by atoms with van der Waals surface area (Å²) in [5.41, 5.74) is -4.90. The van der Waals surface area contributed by atoms with Gasteiger partial charge in [-0.2, -0.15) is 13.2 Å². The molecule has 0 bridgehead atoms. The Morgan fingerprint density at radius 2 is 1.35 bits per heavy atom. The van der Waals surface area contributed by atoms with Gasteiger partial charge in [0.25, 0.3) is 5.92 Å². The van der Waals surface area contributed by atoms with E-state index in [4.69, 9.17) is 4.74 Å². The molecular formula is C14H25F5O. The van der Waals surface area contributed by atoms with E-state index in [-0.39, 0.29) is 19.6 Å². The average Bonchev–Trinajstić information content (AvgIpc) is 2.35. The predicted octanol–water partition coefficient (Wildman–Crippen LogP) is 5.44. The molecule has 0 amide bonds. The van der Waals surface area contributed by atoms with Crippen molar-refractivity contribution in [3.8, 4) is 0 Å². The molecule has 0 aliphatic carbocycles. The third kappa shape index (κ3) is 3.26. The van der Waals surface area contributed by atoms with E-state index in [0.29, 0.717) is 13.3 Å². The highest BCUT2D eigenvalue weighted by Crippen LogP contribution is 2.59. The molecule has 0 N–H and O–H groups in total. The first-order chi connectivity index (χ1) is 8.93. The van der Waals surface area contributed by atoms with E-state index in [2.05, 4.69) is 0 Å². The van der Waals surface area contributed by atoms with Gasteiger partial charge < -0.3 is 4.74 Å². The van der Waals surface area contributed by atoms with Crippen LogP contribution in [0.4, 0.5) is 22.0 Å². The van der Waals surface area contributed by atoms with Crippen LogP contribution in [0.2, 0.25) is 0 Å². The van der Waals surface area contributed by atoms with Crippen LogP contribution >= 0.6 is 0 Å². The summed E-state index contributed by atoms with van der Waals surface area (Å²) >= 11 is 0. The average molecular weight is 304 g/mol. The lowest BCUT2D eigenvalue weighted by Gasteiger charge is -2.47. The summed E-state index contributed by atoms with van der Waals surface area (Å²) in [5, 5.41) is 0. The fourth-order valence-corrected chi connectivity index (χ4v) is 2.12. The van der Waals surface area contributed by atoms with Crippen LogP contribution in [0.3, 0.4) is 0 Å². The number of hydrogen-bond donors (Lipinski definition) is 0. The first-order valence-electron chi connectivity index (χ1n) is 6.95. The highest BCUT2D eigenvalue weighted by molar-refractivity contribution is 5.03. The van der Waals surface area contributed by atoms with Crippen molar-refractivity contribution in [2.45, 2.75) is 66.0 Å². The number of hydrogen-bond acceptors (Lipinski definition) is 1. The van der Waals surface area contributed by atoms with Crippen molar-refractivity contribution >= 4 is 0 Å². The van der Waals surface area contributed by atoms with Crippen LogP contribution in [0.15, 0.2) is 0 Å². The fourth-order valence-electron chi connectivity index (χ4n) is 2.12. The molecule has 0 aromatic carbocycles. The van der Waals surface area contributed by atoms with Gasteiger partial charge in [0.05, 0.1) is 12.0 Å². The summed E-state index contributed by atoms with van der Waals surface area (Å²) < 4.78 is 73.8. The highest BCUT2D eigenvalue weighted by atomic mass is 19.4. The van der Waals surface area contributed by atoms with Gasteiger partial charge in [0.15, 0.2) is 0 Å². The molecule has 6 heteroatoms. The smallest absolute Gasteiger partial charge is 0.381 e. The van der Waals surface area contributed by atoms with Gasteiger partial charge in [0.2, 0.25) is 0 Å². The van der Waals surface area contributed by atoms with E-state index in [0.717, 1.165) is 6.92 Å². The minimum Gasteiger partial charge on any atom is -0.381 e. The normalized spacial score (nSPS) is 19.5. The molecule has 0 saturated heterocycles. The molecule has 0 rings (SSSR count). The molecule has 0 aliphatic heterocycles. The monoisotopic (exact) mass is 304 g/mol. The molecule has 2 unspecified atom stereocenters. The lowest BCUT2D eigenvalue weighted by atomic mass is 9.66. The molecule has 0 aromatic rings. The predicted molar refractivity (Wildman–Crippen MR) is 68.9 cm³/mol. The van der Waals surface area contributed by atoms with E-state index >= 15 is 0 Å². The summed E-state index contributed by atoms with van der Waals surface area (Å²) in [6.45, 7) is 6.08. The largest absolute Gasteiger partial charge is 0.399 e. The van der Waals surface area contributed by atoms with Gasteiger partial charge in [-0.05, 0) is 26.2 Å². The first-order valence-corrected chi connectivity index (χ1v) is 6.95. The van der Waals surface area contributed by atoms with Crippen molar-refractivity contribution in [1.82, 2.24) is 0 Å². The summed E-state index contributed by atoms with van der Waals surface area (Å²) in [6, 6.07) is 0. The summed E-state index contributed by atoms with van der Waals surface area (Å²) in [5.74, 6) is -3.91. The molecule has 0 radical (unpaired) electrons. The number of ether oxygens (including phenoxy) is 1. The Morgan fingerprint density at radius 1 is 0.850 bits per heavy atom. The second-order valence-electron chi connectivity index (χ2n) is 5.72. The van der Waals surface area contributed by atoms with Crippen LogP contribution < -0.4 is 0 Å². The molecule has 2 atom stereocenters. The highest BCUT2D eigenvalue weighted by Gasteiger charge is 2.70. The Labute approximate surface area is 117 Å². The van der Waals surface area contributed by atoms with Gasteiger partial charge in [-0.25, -0.2) is 8.78 Å². The Kier molecular flexibility index (Phi) is 6.45. The van der Waals surface area contributed by atoms with Gasteiger partial charge in [0.1, 0.15) is 5.41 Å². The van der Waals surface area contributed by atoms with Crippen molar-refractivity contribution in [3.63, 3.8) is 0 Å². The Morgan fingerprint density at radius 3 is 1.65 bits per heavy atom. The minimum atomic E-state index is -4.97. The van der Waals surface area contributed by atoms with Crippen LogP contribution in [0.5, 0.6) is 0 Å². The van der Waals surface area contributed by atoms with E-state index < -0.39 is 29.3 Å². The molecule has 20 heavy (non-hydrogen) atoms. The van der Waals surface area contributed by atoms with Crippen LogP contribution in [0.1, 0.15) is 53.9 Å². The standard InChI is InChI=1S/C14H25F5O/c1-6-9-20-10-11(4,7-2)13(15,16)12(5,8-3)14(17,18)19/h6-10H2,1-5H3. The fraction of sp³-hybridized carbons (Fsp3) is 1.00. The second kappa shape index (κ2) is 6.58. The van der Waals surface area contributed by atoms with E-state index in [1.807, 2.05) is 6.92 Å². The third-order valence-electron chi connectivity index (χ3n) is 4.33. The van der Waals surface area contributed by atoms with Gasteiger partial charge in [-0.15, -0.1) is 0 Å². The zero-order valence-corrected chi connectivity index (χ0v) is 12.8. The van der Waals surface area contributed by atoms with Crippen molar-refractivity contribution < 1.29 is 26.7 Å². The molecule has 1 nitrogen and oxygen atoms in total. The summed E-state index contributed by atoms with van der Waals surface area (Å²) in [4.78, 5) is 0. The molecule has 0 fully saturated rings. The Balaban J connectivity index is 5.52. The number of alkyl halides is 5. The van der Waals surface area contributed by atoms with Crippen molar-refractivity contribution in [3.05, 3.63) is 0 Å². The SMILES string of the molecule is CCCOCC(C)(CC)C(F)(F)C(C)(CC)C(F)(F)F. The Bertz CT molecular complexity index is 302. The van der Waals surface area contributed by atoms with Gasteiger partial charge in [0, 0.05) is 6.61 Å². The molecule has 0 aliphatic rings. The number of rotatable bonds is 8. The zero-order chi connectivity index (χ0) is 16.2. The zero-order valence-electron chi connectivity index (χ0n) is 12.8. The Hall–Kier alpha value is -0.390. The molecule has 0 saturated carbocycles. The number of halogens is 5. The molecule has 0 spiro atoms. The van der Waals surface area contributed by atoms with Crippen molar-refractivity contribution in [2.75, 3.05) is 13.2 Å². The lowest BCUT2D eigenvalue weighted by Crippen LogP contribution is -2.59. The maximum Gasteiger partial charge on any atom is 0.399 e. The van der Waals surface area contributed by atoms with Crippen molar-refractivity contribution in [1.29, 1.82) is 0 Å². The third-order valence-corrected chi connectivity index (χ3v) is 4.33. The van der Waals surface area contributed by atoms with Gasteiger partial charge >= 0.3 is 6.18 Å². The lowest BCUT2D eigenvalue weighted by molar-refractivity contribution is -0.328. The molecule has 0 heterocycles. The van der Waals surface area contributed by atoms with Crippen molar-refractivity contribution in [2.24, 2.45) is 10.8 Å². The molecule has 0 aromatic heterocycles. The van der Waals surface area contributed by atoms with Crippen LogP contribution in [-0.4, -0.2) is 25.3 Å². The quantitative estimate of drug-likeness (QED) is 0.428.